The van der Waals surface area contributed by atoms with E-state index < -0.39 is 7.92 Å². The third-order valence-corrected chi connectivity index (χ3v) is 10.6. The van der Waals surface area contributed by atoms with E-state index in [1.54, 1.807) is 0 Å². The summed E-state index contributed by atoms with van der Waals surface area (Å²) < 4.78 is 0. The SMILES string of the molecule is [CH2-]c1ccccc1.[CH2-]c1ccccc1.[CH2-]c1ccccc1.[Zr].c1ccc(C[N-]C([N-]c2cccc3ccccc23)P(c2ccccc2)c2ccccc2)cc1. The normalized spacial score (nSPS) is 10.5. The van der Waals surface area contributed by atoms with Gasteiger partial charge in [0.1, 0.15) is 0 Å². The number of fused-ring (bicyclic) bond motifs is 1. The van der Waals surface area contributed by atoms with Crippen molar-refractivity contribution in [2.75, 3.05) is 0 Å². The van der Waals surface area contributed by atoms with Crippen LogP contribution in [0.15, 0.2) is 224 Å². The van der Waals surface area contributed by atoms with Crippen LogP contribution in [0.4, 0.5) is 5.69 Å². The third kappa shape index (κ3) is 14.8. The molecule has 1 atom stereocenters. The molecule has 4 heteroatoms. The molecule has 0 saturated carbocycles. The zero-order chi connectivity index (χ0) is 37.6. The third-order valence-electron chi connectivity index (χ3n) is 8.13. The van der Waals surface area contributed by atoms with Crippen LogP contribution in [-0.4, -0.2) is 5.91 Å². The van der Waals surface area contributed by atoms with Gasteiger partial charge in [0, 0.05) is 26.2 Å². The van der Waals surface area contributed by atoms with Gasteiger partial charge < -0.3 is 10.6 Å². The van der Waals surface area contributed by atoms with Gasteiger partial charge in [0.2, 0.25) is 0 Å². The van der Waals surface area contributed by atoms with Crippen molar-refractivity contribution in [1.82, 2.24) is 0 Å². The molecular formula is C51H46N2PZr-5. The molecule has 8 rings (SSSR count). The van der Waals surface area contributed by atoms with Crippen molar-refractivity contribution >= 4 is 35.0 Å². The molecule has 0 N–H and O–H groups in total. The van der Waals surface area contributed by atoms with Crippen molar-refractivity contribution in [3.05, 3.63) is 278 Å². The maximum Gasteiger partial charge on any atom is 0 e. The Bertz CT molecular complexity index is 2030. The van der Waals surface area contributed by atoms with Crippen LogP contribution in [0.5, 0.6) is 0 Å². The van der Waals surface area contributed by atoms with Gasteiger partial charge >= 0.3 is 0 Å². The van der Waals surface area contributed by atoms with E-state index in [1.807, 2.05) is 97.1 Å². The first-order valence-corrected chi connectivity index (χ1v) is 19.4. The predicted octanol–water partition coefficient (Wildman–Crippen LogP) is 13.4. The van der Waals surface area contributed by atoms with Crippen LogP contribution in [0, 0.1) is 20.8 Å². The molecule has 0 heterocycles. The summed E-state index contributed by atoms with van der Waals surface area (Å²) in [6.45, 7) is 11.8. The molecule has 0 radical (unpaired) electrons. The van der Waals surface area contributed by atoms with E-state index in [4.69, 9.17) is 10.6 Å². The molecule has 0 aliphatic rings. The monoisotopic (exact) mass is 807 g/mol. The minimum absolute atomic E-state index is 0. The first-order valence-electron chi connectivity index (χ1n) is 18.0. The Hall–Kier alpha value is -5.30. The molecule has 2 nitrogen and oxygen atoms in total. The zero-order valence-electron chi connectivity index (χ0n) is 31.1. The second-order valence-corrected chi connectivity index (χ2v) is 14.5. The summed E-state index contributed by atoms with van der Waals surface area (Å²) >= 11 is 0. The summed E-state index contributed by atoms with van der Waals surface area (Å²) in [4.78, 5) is 0. The van der Waals surface area contributed by atoms with E-state index in [2.05, 4.69) is 148 Å². The fourth-order valence-electron chi connectivity index (χ4n) is 5.42. The molecule has 0 saturated heterocycles. The number of nitrogens with zero attached hydrogens (tertiary/aromatic N) is 2. The Morgan fingerprint density at radius 3 is 1.18 bits per heavy atom. The first-order chi connectivity index (χ1) is 26.6. The molecule has 8 aromatic rings. The Balaban J connectivity index is 0.000000246. The summed E-state index contributed by atoms with van der Waals surface area (Å²) in [7, 11) is -0.823. The van der Waals surface area contributed by atoms with Gasteiger partial charge in [0.15, 0.2) is 0 Å². The van der Waals surface area contributed by atoms with E-state index in [-0.39, 0.29) is 32.1 Å². The van der Waals surface area contributed by atoms with Crippen molar-refractivity contribution in [3.63, 3.8) is 0 Å². The zero-order valence-corrected chi connectivity index (χ0v) is 34.5. The van der Waals surface area contributed by atoms with E-state index in [9.17, 15) is 0 Å². The molecule has 1 unspecified atom stereocenters. The largest absolute Gasteiger partial charge is 0.695 e. The molecule has 0 aliphatic heterocycles. The summed E-state index contributed by atoms with van der Waals surface area (Å²) in [6.07, 6.45) is 0. The fraction of sp³-hybridized carbons (Fsp3) is 0.0392. The van der Waals surface area contributed by atoms with Crippen molar-refractivity contribution in [1.29, 1.82) is 0 Å². The minimum atomic E-state index is -0.823. The van der Waals surface area contributed by atoms with Gasteiger partial charge in [-0.05, 0) is 21.4 Å². The van der Waals surface area contributed by atoms with Crippen molar-refractivity contribution in [2.45, 2.75) is 12.5 Å². The molecule has 0 aromatic heterocycles. The van der Waals surface area contributed by atoms with Gasteiger partial charge in [-0.15, -0.1) is 48.6 Å². The summed E-state index contributed by atoms with van der Waals surface area (Å²) in [5, 5.41) is 15.5. The van der Waals surface area contributed by atoms with Gasteiger partial charge in [-0.3, -0.25) is 0 Å². The molecule has 0 spiro atoms. The quantitative estimate of drug-likeness (QED) is 0.108. The minimum Gasteiger partial charge on any atom is -0.695 e. The molecule has 8 aromatic carbocycles. The standard InChI is InChI=1S/C30H25N2P.3C7H7.Zr/c1-4-13-24(14-5-1)23-31-30(32-29-22-12-16-25-15-10-11-21-28(25)29)33(26-17-6-2-7-18-26)27-19-8-3-9-20-27;3*1-7-5-3-2-4-6-7;/h1-22,30H,23H2;3*2-6H,1H2;/q-2;3*-1;. The summed E-state index contributed by atoms with van der Waals surface area (Å²) in [6, 6.07) is 76.3. The van der Waals surface area contributed by atoms with Crippen molar-refractivity contribution in [2.24, 2.45) is 0 Å². The van der Waals surface area contributed by atoms with Crippen molar-refractivity contribution < 1.29 is 26.2 Å². The number of rotatable bonds is 8. The second kappa shape index (κ2) is 24.2. The number of hydrogen-bond acceptors (Lipinski definition) is 0. The van der Waals surface area contributed by atoms with Crippen LogP contribution in [0.3, 0.4) is 0 Å². The smallest absolute Gasteiger partial charge is 0 e. The van der Waals surface area contributed by atoms with E-state index >= 15 is 0 Å². The molecule has 0 aliphatic carbocycles. The molecule has 55 heavy (non-hydrogen) atoms. The molecule has 274 valence electrons. The topological polar surface area (TPSA) is 28.2 Å². The van der Waals surface area contributed by atoms with Gasteiger partial charge in [-0.25, -0.2) is 0 Å². The number of benzene rings is 8. The maximum atomic E-state index is 5.32. The van der Waals surface area contributed by atoms with Crippen molar-refractivity contribution in [3.8, 4) is 0 Å². The molecular weight excluding hydrogens is 763 g/mol. The Labute approximate surface area is 349 Å². The fourth-order valence-corrected chi connectivity index (χ4v) is 7.73. The average molecular weight is 809 g/mol. The van der Waals surface area contributed by atoms with Gasteiger partial charge in [0.25, 0.3) is 0 Å². The van der Waals surface area contributed by atoms with Crippen LogP contribution in [0.2, 0.25) is 0 Å². The van der Waals surface area contributed by atoms with Crippen LogP contribution < -0.4 is 10.6 Å². The Morgan fingerprint density at radius 2 is 0.764 bits per heavy atom. The van der Waals surface area contributed by atoms with Gasteiger partial charge in [-0.2, -0.15) is 79.8 Å². The molecule has 0 fully saturated rings. The Kier molecular flexibility index (Phi) is 18.7. The second-order valence-electron chi connectivity index (χ2n) is 12.3. The van der Waals surface area contributed by atoms with Crippen LogP contribution >= 0.6 is 7.92 Å². The van der Waals surface area contributed by atoms with Crippen LogP contribution in [-0.2, 0) is 32.7 Å². The first kappa shape index (κ1) is 42.4. The molecule has 0 amide bonds. The average Bonchev–Trinajstić information content (AvgIpc) is 3.23. The van der Waals surface area contributed by atoms with E-state index in [0.717, 1.165) is 27.8 Å². The number of hydrogen-bond donors (Lipinski definition) is 0. The van der Waals surface area contributed by atoms with Crippen LogP contribution in [0.25, 0.3) is 21.4 Å². The maximum absolute atomic E-state index is 5.32. The predicted molar refractivity (Wildman–Crippen MR) is 236 cm³/mol. The van der Waals surface area contributed by atoms with Gasteiger partial charge in [-0.1, -0.05) is 165 Å². The van der Waals surface area contributed by atoms with Gasteiger partial charge in [0.05, 0.1) is 0 Å². The summed E-state index contributed by atoms with van der Waals surface area (Å²) in [5.41, 5.74) is 5.41. The summed E-state index contributed by atoms with van der Waals surface area (Å²) in [5.74, 6) is -0.198. The van der Waals surface area contributed by atoms with E-state index in [0.29, 0.717) is 6.54 Å². The molecule has 0 bridgehead atoms. The Morgan fingerprint density at radius 1 is 0.400 bits per heavy atom. The van der Waals surface area contributed by atoms with Crippen LogP contribution in [0.1, 0.15) is 22.3 Å². The van der Waals surface area contributed by atoms with E-state index in [1.165, 1.54) is 21.6 Å².